The highest BCUT2D eigenvalue weighted by Gasteiger charge is 2.27. The minimum Gasteiger partial charge on any atom is -0.599 e. The van der Waals surface area contributed by atoms with Gasteiger partial charge >= 0.3 is 0 Å². The smallest absolute Gasteiger partial charge is 0.218 e. The molecule has 0 bridgehead atoms. The molecule has 0 saturated heterocycles. The molecule has 24 heavy (non-hydrogen) atoms. The molecule has 4 nitrogen and oxygen atoms in total. The Morgan fingerprint density at radius 1 is 1.04 bits per heavy atom. The highest BCUT2D eigenvalue weighted by Crippen LogP contribution is 2.41. The number of hydrogen-bond donors (Lipinski definition) is 0. The molecule has 0 fully saturated rings. The number of rotatable bonds is 5. The van der Waals surface area contributed by atoms with Crippen LogP contribution in [-0.4, -0.2) is 24.0 Å². The van der Waals surface area contributed by atoms with E-state index in [-0.39, 0.29) is 11.8 Å². The third-order valence-electron chi connectivity index (χ3n) is 3.39. The Morgan fingerprint density at radius 3 is 2.38 bits per heavy atom. The summed E-state index contributed by atoms with van der Waals surface area (Å²) in [6, 6.07) is 12.7. The number of halogens is 3. The summed E-state index contributed by atoms with van der Waals surface area (Å²) in [5, 5.41) is 18.0. The van der Waals surface area contributed by atoms with Crippen LogP contribution in [0, 0.1) is 5.21 Å². The molecular weight excluding hydrogens is 389 g/mol. The van der Waals surface area contributed by atoms with Crippen LogP contribution in [0.3, 0.4) is 0 Å². The van der Waals surface area contributed by atoms with E-state index in [0.29, 0.717) is 15.1 Å². The molecule has 1 heterocycles. The lowest BCUT2D eigenvalue weighted by Gasteiger charge is -2.31. The average molecular weight is 401 g/mol. The van der Waals surface area contributed by atoms with Gasteiger partial charge in [-0.25, -0.2) is 0 Å². The fourth-order valence-electron chi connectivity index (χ4n) is 2.25. The van der Waals surface area contributed by atoms with Crippen molar-refractivity contribution >= 4 is 59.2 Å². The van der Waals surface area contributed by atoms with Crippen LogP contribution >= 0.6 is 46.6 Å². The van der Waals surface area contributed by atoms with E-state index < -0.39 is 4.76 Å². The lowest BCUT2D eigenvalue weighted by molar-refractivity contribution is -0.786. The molecule has 124 valence electrons. The van der Waals surface area contributed by atoms with Gasteiger partial charge in [0.15, 0.2) is 6.34 Å². The third kappa shape index (κ3) is 4.30. The summed E-state index contributed by atoms with van der Waals surface area (Å²) in [5.74, 6) is 0. The van der Waals surface area contributed by atoms with Crippen molar-refractivity contribution in [2.24, 2.45) is 10.1 Å². The van der Waals surface area contributed by atoms with E-state index in [9.17, 15) is 5.21 Å². The number of hydroxylamine groups is 2. The molecule has 1 aliphatic rings. The maximum absolute atomic E-state index is 12.6. The van der Waals surface area contributed by atoms with E-state index >= 15 is 0 Å². The van der Waals surface area contributed by atoms with E-state index in [1.54, 1.807) is 24.3 Å². The first-order chi connectivity index (χ1) is 11.5. The van der Waals surface area contributed by atoms with E-state index in [2.05, 4.69) is 10.1 Å². The molecule has 2 aromatic carbocycles. The van der Waals surface area contributed by atoms with Gasteiger partial charge in [0, 0.05) is 20.0 Å². The van der Waals surface area contributed by atoms with Gasteiger partial charge < -0.3 is 5.21 Å². The maximum Gasteiger partial charge on any atom is 0.218 e. The number of quaternary nitrogens is 1. The Morgan fingerprint density at radius 2 is 1.75 bits per heavy atom. The summed E-state index contributed by atoms with van der Waals surface area (Å²) in [4.78, 5) is 4.77. The van der Waals surface area contributed by atoms with Gasteiger partial charge in [-0.1, -0.05) is 46.0 Å². The number of nitrogens with zero attached hydrogens (tertiary/aromatic N) is 3. The summed E-state index contributed by atoms with van der Waals surface area (Å²) >= 11 is 19.8. The van der Waals surface area contributed by atoms with Gasteiger partial charge in [0.25, 0.3) is 0 Å². The van der Waals surface area contributed by atoms with Gasteiger partial charge in [-0.2, -0.15) is 9.75 Å². The topological polar surface area (TPSA) is 47.8 Å². The Balaban J connectivity index is 1.92. The molecule has 2 atom stereocenters. The molecule has 0 spiro atoms. The quantitative estimate of drug-likeness (QED) is 0.363. The first-order valence-corrected chi connectivity index (χ1v) is 9.01. The van der Waals surface area contributed by atoms with Crippen molar-refractivity contribution < 1.29 is 4.76 Å². The summed E-state index contributed by atoms with van der Waals surface area (Å²) in [5.41, 5.74) is 0.824. The van der Waals surface area contributed by atoms with Crippen molar-refractivity contribution in [2.75, 3.05) is 6.54 Å². The second-order valence-corrected chi connectivity index (χ2v) is 7.72. The van der Waals surface area contributed by atoms with Crippen molar-refractivity contribution in [3.63, 3.8) is 0 Å². The summed E-state index contributed by atoms with van der Waals surface area (Å²) in [6.07, 6.45) is 2.53. The fourth-order valence-corrected chi connectivity index (χ4v) is 4.23. The molecule has 2 unspecified atom stereocenters. The zero-order valence-electron chi connectivity index (χ0n) is 12.3. The second kappa shape index (κ2) is 7.44. The van der Waals surface area contributed by atoms with Crippen molar-refractivity contribution in [3.05, 3.63) is 68.3 Å². The van der Waals surface area contributed by atoms with Crippen molar-refractivity contribution in [3.8, 4) is 0 Å². The Kier molecular flexibility index (Phi) is 5.49. The lowest BCUT2D eigenvalue weighted by atomic mass is 10.1. The van der Waals surface area contributed by atoms with Gasteiger partial charge in [-0.05, 0) is 42.0 Å². The largest absolute Gasteiger partial charge is 0.599 e. The van der Waals surface area contributed by atoms with Crippen LogP contribution in [0.5, 0.6) is 0 Å². The number of benzene rings is 2. The molecular formula is C16H12Cl3N3OS. The zero-order valence-corrected chi connectivity index (χ0v) is 15.4. The number of hydrogen-bond acceptors (Lipinski definition) is 4. The van der Waals surface area contributed by atoms with Gasteiger partial charge in [0.05, 0.1) is 5.25 Å². The first-order valence-electron chi connectivity index (χ1n) is 6.99. The molecule has 0 amide bonds. The summed E-state index contributed by atoms with van der Waals surface area (Å²) in [6.45, 7) is 0.161. The molecule has 0 aliphatic carbocycles. The van der Waals surface area contributed by atoms with Crippen LogP contribution in [0.2, 0.25) is 15.1 Å². The van der Waals surface area contributed by atoms with Crippen LogP contribution in [0.1, 0.15) is 10.8 Å². The van der Waals surface area contributed by atoms with E-state index in [4.69, 9.17) is 34.8 Å². The Bertz CT molecular complexity index is 784. The van der Waals surface area contributed by atoms with E-state index in [0.717, 1.165) is 10.5 Å². The van der Waals surface area contributed by atoms with Gasteiger partial charge in [-0.3, -0.25) is 0 Å². The maximum atomic E-state index is 12.6. The molecule has 0 aromatic heterocycles. The van der Waals surface area contributed by atoms with Crippen molar-refractivity contribution in [1.29, 1.82) is 0 Å². The monoisotopic (exact) mass is 399 g/mol. The Hall–Kier alpha value is -1.08. The number of thioether (sulfide) groups is 1. The highest BCUT2D eigenvalue weighted by atomic mass is 35.5. The van der Waals surface area contributed by atoms with Gasteiger partial charge in [0.2, 0.25) is 6.34 Å². The minimum absolute atomic E-state index is 0.161. The van der Waals surface area contributed by atoms with Crippen LogP contribution in [0.4, 0.5) is 0 Å². The molecule has 0 saturated carbocycles. The zero-order chi connectivity index (χ0) is 17.2. The fraction of sp³-hybridized carbons (Fsp3) is 0.125. The van der Waals surface area contributed by atoms with Crippen LogP contribution in [0.15, 0.2) is 57.5 Å². The second-order valence-electron chi connectivity index (χ2n) is 5.16. The van der Waals surface area contributed by atoms with Crippen LogP contribution in [0.25, 0.3) is 0 Å². The summed E-state index contributed by atoms with van der Waals surface area (Å²) < 4.78 is -0.871. The molecule has 2 aromatic rings. The van der Waals surface area contributed by atoms with Crippen molar-refractivity contribution in [2.45, 2.75) is 10.1 Å². The van der Waals surface area contributed by atoms with Crippen LogP contribution < -0.4 is 0 Å². The van der Waals surface area contributed by atoms with Gasteiger partial charge in [0.1, 0.15) is 6.54 Å². The van der Waals surface area contributed by atoms with E-state index in [1.807, 2.05) is 18.2 Å². The minimum atomic E-state index is -0.871. The predicted octanol–water partition coefficient (Wildman–Crippen LogP) is 5.78. The first kappa shape index (κ1) is 17.7. The molecule has 0 N–H and O–H groups in total. The molecule has 1 aliphatic heterocycles. The number of aliphatic imine (C=N–C) groups is 1. The molecule has 0 radical (unpaired) electrons. The average Bonchev–Trinajstić information content (AvgIpc) is 2.95. The van der Waals surface area contributed by atoms with Crippen LogP contribution in [-0.2, 0) is 0 Å². The van der Waals surface area contributed by atoms with Crippen molar-refractivity contribution in [1.82, 2.24) is 0 Å². The normalized spacial score (nSPS) is 20.5. The highest BCUT2D eigenvalue weighted by molar-refractivity contribution is 7.99. The third-order valence-corrected chi connectivity index (χ3v) is 5.44. The predicted molar refractivity (Wildman–Crippen MR) is 102 cm³/mol. The molecule has 3 rings (SSSR count). The van der Waals surface area contributed by atoms with Gasteiger partial charge in [-0.15, -0.1) is 11.8 Å². The standard InChI is InChI=1S/C16H12Cl3N3OS/c17-11-1-4-13(5-2-11)24-16(8-22(23)10-20-9-21-22)14-6-3-12(18)7-15(14)19/h1-7,9-10,16H,8H2. The lowest BCUT2D eigenvalue weighted by Crippen LogP contribution is -2.36. The Labute approximate surface area is 158 Å². The van der Waals surface area contributed by atoms with E-state index in [1.165, 1.54) is 24.4 Å². The SMILES string of the molecule is [O-][N+]1(CC(Sc2ccc(Cl)cc2)c2ccc(Cl)cc2Cl)C=NC=N1. The summed E-state index contributed by atoms with van der Waals surface area (Å²) in [7, 11) is 0. The molecule has 8 heteroatoms.